The Balaban J connectivity index is 1.75. The maximum atomic E-state index is 13.8. The Kier molecular flexibility index (Phi) is 4.86. The minimum absolute atomic E-state index is 0.105. The zero-order valence-corrected chi connectivity index (χ0v) is 19.1. The van der Waals surface area contributed by atoms with Gasteiger partial charge in [-0.25, -0.2) is 23.1 Å². The van der Waals surface area contributed by atoms with Gasteiger partial charge in [-0.1, -0.05) is 0 Å². The summed E-state index contributed by atoms with van der Waals surface area (Å²) in [4.78, 5) is 16.3. The molecule has 2 fully saturated rings. The second-order valence-corrected chi connectivity index (χ2v) is 11.0. The molecule has 5 rings (SSSR count). The van der Waals surface area contributed by atoms with E-state index < -0.39 is 14.5 Å². The van der Waals surface area contributed by atoms with Crippen LogP contribution in [0.4, 0.5) is 16.2 Å². The van der Waals surface area contributed by atoms with Crippen LogP contribution in [0.1, 0.15) is 25.5 Å². The summed E-state index contributed by atoms with van der Waals surface area (Å²) in [7, 11) is -1.15. The second-order valence-electron chi connectivity index (χ2n) is 8.52. The van der Waals surface area contributed by atoms with Crippen LogP contribution in [0.15, 0.2) is 24.3 Å². The summed E-state index contributed by atoms with van der Waals surface area (Å²) in [6, 6.07) is 6.36. The van der Waals surface area contributed by atoms with E-state index >= 15 is 0 Å². The zero-order chi connectivity index (χ0) is 22.7. The molecule has 0 amide bonds. The van der Waals surface area contributed by atoms with Gasteiger partial charge in [-0.2, -0.15) is 4.98 Å². The Labute approximate surface area is 186 Å². The summed E-state index contributed by atoms with van der Waals surface area (Å²) in [5.41, 5.74) is 1.73. The van der Waals surface area contributed by atoms with Crippen molar-refractivity contribution in [2.75, 3.05) is 43.3 Å². The Morgan fingerprint density at radius 3 is 2.72 bits per heavy atom. The van der Waals surface area contributed by atoms with E-state index in [1.54, 1.807) is 17.7 Å². The normalized spacial score (nSPS) is 22.0. The fourth-order valence-corrected chi connectivity index (χ4v) is 5.74. The number of nitrogens with one attached hydrogen (secondary N) is 2. The van der Waals surface area contributed by atoms with Crippen LogP contribution in [-0.4, -0.2) is 62.8 Å². The monoisotopic (exact) mass is 459 g/mol. The highest BCUT2D eigenvalue weighted by Crippen LogP contribution is 2.52. The summed E-state index contributed by atoms with van der Waals surface area (Å²) in [6.45, 7) is 3.90. The predicted octanol–water partition coefficient (Wildman–Crippen LogP) is 2.89. The number of hydrogen-bond acceptors (Lipinski definition) is 8. The number of ether oxygens (including phenoxy) is 1. The topological polar surface area (TPSA) is 109 Å². The van der Waals surface area contributed by atoms with Gasteiger partial charge < -0.3 is 15.0 Å². The fourth-order valence-electron chi connectivity index (χ4n) is 4.35. The van der Waals surface area contributed by atoms with Crippen molar-refractivity contribution in [2.24, 2.45) is 0 Å². The molecule has 0 bridgehead atoms. The van der Waals surface area contributed by atoms with Gasteiger partial charge in [0.1, 0.15) is 11.6 Å². The van der Waals surface area contributed by atoms with Gasteiger partial charge in [-0.15, -0.1) is 0 Å². The minimum atomic E-state index is -2.88. The number of imidazole rings is 1. The molecular weight excluding hydrogens is 433 g/mol. The first-order chi connectivity index (χ1) is 15.2. The molecule has 1 aliphatic carbocycles. The Hall–Kier alpha value is -2.79. The zero-order valence-electron chi connectivity index (χ0n) is 18.3. The number of rotatable bonds is 5. The van der Waals surface area contributed by atoms with Crippen LogP contribution in [0.5, 0.6) is 0 Å². The van der Waals surface area contributed by atoms with Crippen molar-refractivity contribution < 1.29 is 13.3 Å². The van der Waals surface area contributed by atoms with Crippen LogP contribution in [0.3, 0.4) is 0 Å². The lowest BCUT2D eigenvalue weighted by molar-refractivity contribution is 0.0985. The maximum Gasteiger partial charge on any atom is 0.239 e. The Morgan fingerprint density at radius 1 is 1.28 bits per heavy atom. The van der Waals surface area contributed by atoms with E-state index in [-0.39, 0.29) is 11.9 Å². The van der Waals surface area contributed by atoms with Gasteiger partial charge in [0.05, 0.1) is 50.5 Å². The van der Waals surface area contributed by atoms with Crippen molar-refractivity contribution in [2.45, 2.75) is 30.6 Å². The SMILES string of the molecule is CNc1nc2cc(F)ccc2n1-c1nc(N2CCOC[C@H]2C)cc(C2([S@@](C)(=N)=O)CC2)n1. The number of halogens is 1. The molecule has 32 heavy (non-hydrogen) atoms. The van der Waals surface area contributed by atoms with E-state index in [4.69, 9.17) is 19.5 Å². The second kappa shape index (κ2) is 7.38. The van der Waals surface area contributed by atoms with Crippen molar-refractivity contribution in [3.05, 3.63) is 35.8 Å². The third kappa shape index (κ3) is 3.30. The molecule has 2 N–H and O–H groups in total. The van der Waals surface area contributed by atoms with Crippen LogP contribution >= 0.6 is 0 Å². The van der Waals surface area contributed by atoms with Gasteiger partial charge in [0.25, 0.3) is 0 Å². The van der Waals surface area contributed by atoms with Gasteiger partial charge in [0.15, 0.2) is 0 Å². The van der Waals surface area contributed by atoms with Crippen molar-refractivity contribution >= 4 is 32.5 Å². The van der Waals surface area contributed by atoms with E-state index in [0.717, 1.165) is 0 Å². The molecule has 170 valence electrons. The highest BCUT2D eigenvalue weighted by Gasteiger charge is 2.53. The average molecular weight is 460 g/mol. The summed E-state index contributed by atoms with van der Waals surface area (Å²) in [5.74, 6) is 1.14. The molecule has 0 spiro atoms. The molecule has 9 nitrogen and oxygen atoms in total. The number of morpholine rings is 1. The van der Waals surface area contributed by atoms with E-state index in [1.165, 1.54) is 18.4 Å². The smallest absolute Gasteiger partial charge is 0.239 e. The van der Waals surface area contributed by atoms with E-state index in [0.29, 0.717) is 67.0 Å². The molecule has 0 unspecified atom stereocenters. The third-order valence-corrected chi connectivity index (χ3v) is 8.43. The molecule has 2 atom stereocenters. The molecule has 1 saturated heterocycles. The number of benzene rings is 1. The number of fused-ring (bicyclic) bond motifs is 1. The lowest BCUT2D eigenvalue weighted by Crippen LogP contribution is -2.44. The number of anilines is 2. The number of hydrogen-bond donors (Lipinski definition) is 2. The van der Waals surface area contributed by atoms with E-state index in [1.807, 2.05) is 6.07 Å². The Morgan fingerprint density at radius 2 is 2.06 bits per heavy atom. The summed E-state index contributed by atoms with van der Waals surface area (Å²) in [6.07, 6.45) is 2.78. The van der Waals surface area contributed by atoms with Gasteiger partial charge >= 0.3 is 0 Å². The molecule has 3 heterocycles. The van der Waals surface area contributed by atoms with Gasteiger partial charge in [-0.3, -0.25) is 4.78 Å². The number of aromatic nitrogens is 4. The standard InChI is InChI=1S/C21H26FN7O2S/c1-13-12-31-9-8-28(13)18-11-17(21(6-7-21)32(3,23)30)26-20(27-18)29-16-5-4-14(22)10-15(16)25-19(29)24-2/h4-5,10-11,13,23H,6-9,12H2,1-3H3,(H,24,25)/t13-,32+/m1/s1. The van der Waals surface area contributed by atoms with Crippen molar-refractivity contribution in [1.29, 1.82) is 4.78 Å². The third-order valence-electron chi connectivity index (χ3n) is 6.32. The lowest BCUT2D eigenvalue weighted by Gasteiger charge is -2.34. The lowest BCUT2D eigenvalue weighted by atomic mass is 10.2. The molecule has 0 radical (unpaired) electrons. The number of nitrogens with zero attached hydrogens (tertiary/aromatic N) is 5. The molecule has 1 aromatic carbocycles. The minimum Gasteiger partial charge on any atom is -0.377 e. The maximum absolute atomic E-state index is 13.8. The fraction of sp³-hybridized carbons (Fsp3) is 0.476. The molecule has 11 heteroatoms. The average Bonchev–Trinajstić information content (AvgIpc) is 3.50. The molecule has 1 aliphatic heterocycles. The van der Waals surface area contributed by atoms with Crippen molar-refractivity contribution in [3.8, 4) is 5.95 Å². The quantitative estimate of drug-likeness (QED) is 0.604. The molecular formula is C21H26FN7O2S. The van der Waals surface area contributed by atoms with Crippen molar-refractivity contribution in [1.82, 2.24) is 19.5 Å². The van der Waals surface area contributed by atoms with Crippen LogP contribution in [0.25, 0.3) is 17.0 Å². The first-order valence-corrected chi connectivity index (χ1v) is 12.5. The molecule has 2 aromatic heterocycles. The predicted molar refractivity (Wildman–Crippen MR) is 121 cm³/mol. The van der Waals surface area contributed by atoms with Crippen LogP contribution < -0.4 is 10.2 Å². The van der Waals surface area contributed by atoms with Gasteiger partial charge in [0, 0.05) is 32.0 Å². The van der Waals surface area contributed by atoms with Crippen LogP contribution in [0.2, 0.25) is 0 Å². The largest absolute Gasteiger partial charge is 0.377 e. The summed E-state index contributed by atoms with van der Waals surface area (Å²) >= 11 is 0. The van der Waals surface area contributed by atoms with Crippen LogP contribution in [-0.2, 0) is 19.2 Å². The first-order valence-electron chi connectivity index (χ1n) is 10.6. The Bertz CT molecular complexity index is 1300. The van der Waals surface area contributed by atoms with Gasteiger partial charge in [-0.05, 0) is 31.9 Å². The highest BCUT2D eigenvalue weighted by atomic mass is 32.2. The summed E-state index contributed by atoms with van der Waals surface area (Å²) in [5, 5.41) is 3.04. The molecule has 1 saturated carbocycles. The van der Waals surface area contributed by atoms with Gasteiger partial charge in [0.2, 0.25) is 11.9 Å². The highest BCUT2D eigenvalue weighted by molar-refractivity contribution is 7.92. The molecule has 2 aliphatic rings. The van der Waals surface area contributed by atoms with Crippen molar-refractivity contribution in [3.63, 3.8) is 0 Å². The van der Waals surface area contributed by atoms with Crippen LogP contribution in [0, 0.1) is 10.6 Å². The summed E-state index contributed by atoms with van der Waals surface area (Å²) < 4.78 is 41.6. The molecule has 3 aromatic rings. The van der Waals surface area contributed by atoms with E-state index in [2.05, 4.69) is 22.1 Å². The first kappa shape index (κ1) is 21.1. The van der Waals surface area contributed by atoms with E-state index in [9.17, 15) is 8.60 Å².